The molecule has 0 amide bonds. The number of nitrogens with one attached hydrogen (secondary N) is 2. The average molecular weight is 452 g/mol. The van der Waals surface area contributed by atoms with Crippen LogP contribution in [0, 0.1) is 5.92 Å². The van der Waals surface area contributed by atoms with Gasteiger partial charge in [0.1, 0.15) is 0 Å². The van der Waals surface area contributed by atoms with Crippen molar-refractivity contribution in [3.63, 3.8) is 0 Å². The minimum absolute atomic E-state index is 0. The van der Waals surface area contributed by atoms with Crippen molar-refractivity contribution in [2.75, 3.05) is 40.8 Å². The van der Waals surface area contributed by atoms with E-state index in [9.17, 15) is 0 Å². The summed E-state index contributed by atoms with van der Waals surface area (Å²) in [5.41, 5.74) is 0. The van der Waals surface area contributed by atoms with Crippen LogP contribution in [0.15, 0.2) is 4.99 Å². The second kappa shape index (κ2) is 12.3. The maximum atomic E-state index is 6.02. The summed E-state index contributed by atoms with van der Waals surface area (Å²) in [6.45, 7) is 2.55. The van der Waals surface area contributed by atoms with Crippen molar-refractivity contribution in [2.24, 2.45) is 10.9 Å². The normalized spacial score (nSPS) is 21.1. The Bertz CT molecular complexity index is 351. The lowest BCUT2D eigenvalue weighted by atomic mass is 10.1. The molecule has 2 fully saturated rings. The van der Waals surface area contributed by atoms with Crippen LogP contribution < -0.4 is 10.6 Å². The highest BCUT2D eigenvalue weighted by Crippen LogP contribution is 2.34. The SMILES string of the molecule is CN=C(NCCOC1CCCCCC1)NCC(C1CC1)N(C)C.I. The molecule has 2 aliphatic rings. The van der Waals surface area contributed by atoms with Crippen molar-refractivity contribution in [3.05, 3.63) is 0 Å². The summed E-state index contributed by atoms with van der Waals surface area (Å²) < 4.78 is 6.02. The van der Waals surface area contributed by atoms with E-state index in [0.717, 1.165) is 31.6 Å². The Morgan fingerprint density at radius 3 is 2.29 bits per heavy atom. The summed E-state index contributed by atoms with van der Waals surface area (Å²) in [7, 11) is 6.17. The molecule has 1 atom stereocenters. The quantitative estimate of drug-likeness (QED) is 0.196. The van der Waals surface area contributed by atoms with E-state index in [-0.39, 0.29) is 24.0 Å². The topological polar surface area (TPSA) is 48.9 Å². The first-order chi connectivity index (χ1) is 11.2. The number of aliphatic imine (C=N–C) groups is 1. The van der Waals surface area contributed by atoms with E-state index in [2.05, 4.69) is 34.6 Å². The summed E-state index contributed by atoms with van der Waals surface area (Å²) in [5.74, 6) is 1.75. The minimum Gasteiger partial charge on any atom is -0.376 e. The Hall–Kier alpha value is -0.0800. The lowest BCUT2D eigenvalue weighted by Crippen LogP contribution is -2.46. The highest BCUT2D eigenvalue weighted by atomic mass is 127. The summed E-state index contributed by atoms with van der Waals surface area (Å²) in [6, 6.07) is 0.607. The van der Waals surface area contributed by atoms with Gasteiger partial charge in [-0.1, -0.05) is 25.7 Å². The van der Waals surface area contributed by atoms with Gasteiger partial charge in [-0.2, -0.15) is 0 Å². The van der Waals surface area contributed by atoms with E-state index >= 15 is 0 Å². The Kier molecular flexibility index (Phi) is 11.3. The fourth-order valence-electron chi connectivity index (χ4n) is 3.48. The van der Waals surface area contributed by atoms with Crippen LogP contribution >= 0.6 is 24.0 Å². The molecule has 0 aromatic rings. The van der Waals surface area contributed by atoms with Gasteiger partial charge in [0.15, 0.2) is 5.96 Å². The summed E-state index contributed by atoms with van der Waals surface area (Å²) in [6.07, 6.45) is 11.1. The summed E-state index contributed by atoms with van der Waals surface area (Å²) in [5, 5.41) is 6.84. The number of ether oxygens (including phenoxy) is 1. The number of halogens is 1. The lowest BCUT2D eigenvalue weighted by Gasteiger charge is -2.25. The highest BCUT2D eigenvalue weighted by Gasteiger charge is 2.32. The van der Waals surface area contributed by atoms with Gasteiger partial charge >= 0.3 is 0 Å². The third kappa shape index (κ3) is 8.34. The Morgan fingerprint density at radius 2 is 1.75 bits per heavy atom. The van der Waals surface area contributed by atoms with Crippen molar-refractivity contribution in [3.8, 4) is 0 Å². The molecule has 0 radical (unpaired) electrons. The van der Waals surface area contributed by atoms with Crippen LogP contribution in [0.1, 0.15) is 51.4 Å². The Balaban J connectivity index is 0.00000288. The molecule has 2 rings (SSSR count). The zero-order valence-electron chi connectivity index (χ0n) is 15.7. The molecule has 0 aliphatic heterocycles. The monoisotopic (exact) mass is 452 g/mol. The van der Waals surface area contributed by atoms with Crippen LogP contribution in [-0.2, 0) is 4.74 Å². The van der Waals surface area contributed by atoms with Gasteiger partial charge in [0.2, 0.25) is 0 Å². The van der Waals surface area contributed by atoms with E-state index < -0.39 is 0 Å². The van der Waals surface area contributed by atoms with Crippen molar-refractivity contribution >= 4 is 29.9 Å². The minimum atomic E-state index is 0. The molecule has 2 aliphatic carbocycles. The number of hydrogen-bond acceptors (Lipinski definition) is 3. The number of nitrogens with zero attached hydrogens (tertiary/aromatic N) is 2. The largest absolute Gasteiger partial charge is 0.376 e. The smallest absolute Gasteiger partial charge is 0.191 e. The highest BCUT2D eigenvalue weighted by molar-refractivity contribution is 14.0. The molecular weight excluding hydrogens is 415 g/mol. The summed E-state index contributed by atoms with van der Waals surface area (Å²) in [4.78, 5) is 6.65. The standard InChI is InChI=1S/C18H36N4O.HI/c1-19-18(21-14-17(22(2)3)15-10-11-15)20-12-13-23-16-8-6-4-5-7-9-16;/h15-17H,4-14H2,1-3H3,(H2,19,20,21);1H. The van der Waals surface area contributed by atoms with Crippen LogP contribution in [-0.4, -0.2) is 63.8 Å². The molecule has 1 unspecified atom stereocenters. The van der Waals surface area contributed by atoms with Gasteiger partial charge in [0.05, 0.1) is 12.7 Å². The fraction of sp³-hybridized carbons (Fsp3) is 0.944. The molecular formula is C18H37IN4O. The van der Waals surface area contributed by atoms with Crippen LogP contribution in [0.3, 0.4) is 0 Å². The zero-order valence-corrected chi connectivity index (χ0v) is 18.1. The van der Waals surface area contributed by atoms with E-state index in [1.165, 1.54) is 51.4 Å². The van der Waals surface area contributed by atoms with E-state index in [4.69, 9.17) is 4.74 Å². The number of hydrogen-bond donors (Lipinski definition) is 2. The number of rotatable bonds is 8. The van der Waals surface area contributed by atoms with Gasteiger partial charge in [0.25, 0.3) is 0 Å². The van der Waals surface area contributed by atoms with Crippen LogP contribution in [0.4, 0.5) is 0 Å². The first-order valence-corrected chi connectivity index (χ1v) is 9.43. The summed E-state index contributed by atoms with van der Waals surface area (Å²) >= 11 is 0. The maximum Gasteiger partial charge on any atom is 0.191 e. The molecule has 0 spiro atoms. The van der Waals surface area contributed by atoms with Crippen LogP contribution in [0.25, 0.3) is 0 Å². The van der Waals surface area contributed by atoms with Crippen molar-refractivity contribution < 1.29 is 4.74 Å². The fourth-order valence-corrected chi connectivity index (χ4v) is 3.48. The Labute approximate surface area is 165 Å². The van der Waals surface area contributed by atoms with Crippen LogP contribution in [0.2, 0.25) is 0 Å². The molecule has 0 bridgehead atoms. The second-order valence-electron chi connectivity index (χ2n) is 7.23. The van der Waals surface area contributed by atoms with Gasteiger partial charge in [-0.25, -0.2) is 0 Å². The van der Waals surface area contributed by atoms with Gasteiger partial charge in [-0.05, 0) is 45.7 Å². The van der Waals surface area contributed by atoms with Crippen LogP contribution in [0.5, 0.6) is 0 Å². The molecule has 0 heterocycles. The first-order valence-electron chi connectivity index (χ1n) is 9.43. The van der Waals surface area contributed by atoms with E-state index in [1.54, 1.807) is 0 Å². The first kappa shape index (κ1) is 22.0. The molecule has 142 valence electrons. The molecule has 5 nitrogen and oxygen atoms in total. The second-order valence-corrected chi connectivity index (χ2v) is 7.23. The molecule has 2 N–H and O–H groups in total. The average Bonchev–Trinajstić information content (AvgIpc) is 3.36. The molecule has 6 heteroatoms. The van der Waals surface area contributed by atoms with Gasteiger partial charge in [-0.15, -0.1) is 24.0 Å². The Morgan fingerprint density at radius 1 is 1.08 bits per heavy atom. The van der Waals surface area contributed by atoms with E-state index in [0.29, 0.717) is 12.1 Å². The molecule has 2 saturated carbocycles. The predicted octanol–water partition coefficient (Wildman–Crippen LogP) is 2.85. The molecule has 24 heavy (non-hydrogen) atoms. The lowest BCUT2D eigenvalue weighted by molar-refractivity contribution is 0.0468. The van der Waals surface area contributed by atoms with Crippen molar-refractivity contribution in [1.29, 1.82) is 0 Å². The zero-order chi connectivity index (χ0) is 16.5. The number of likely N-dealkylation sites (N-methyl/N-ethyl adjacent to an activating group) is 1. The third-order valence-electron chi connectivity index (χ3n) is 5.08. The molecule has 0 aromatic heterocycles. The third-order valence-corrected chi connectivity index (χ3v) is 5.08. The molecule has 0 saturated heterocycles. The maximum absolute atomic E-state index is 6.02. The van der Waals surface area contributed by atoms with Gasteiger partial charge in [-0.3, -0.25) is 4.99 Å². The predicted molar refractivity (Wildman–Crippen MR) is 112 cm³/mol. The van der Waals surface area contributed by atoms with E-state index in [1.807, 2.05) is 7.05 Å². The number of guanidine groups is 1. The van der Waals surface area contributed by atoms with Crippen molar-refractivity contribution in [1.82, 2.24) is 15.5 Å². The van der Waals surface area contributed by atoms with Crippen molar-refractivity contribution in [2.45, 2.75) is 63.5 Å². The van der Waals surface area contributed by atoms with Gasteiger partial charge < -0.3 is 20.3 Å². The van der Waals surface area contributed by atoms with Gasteiger partial charge in [0, 0.05) is 26.2 Å². The molecule has 0 aromatic carbocycles.